The van der Waals surface area contributed by atoms with E-state index in [2.05, 4.69) is 24.2 Å². The Morgan fingerprint density at radius 2 is 2.18 bits per heavy atom. The molecule has 3 rings (SSSR count). The van der Waals surface area contributed by atoms with Gasteiger partial charge in [0.15, 0.2) is 0 Å². The van der Waals surface area contributed by atoms with Crippen LogP contribution in [0.3, 0.4) is 0 Å². The minimum atomic E-state index is -0.0893. The number of nitrogens with two attached hydrogens (primary N) is 1. The van der Waals surface area contributed by atoms with E-state index in [1.54, 1.807) is 11.3 Å². The van der Waals surface area contributed by atoms with Gasteiger partial charge in [-0.2, -0.15) is 5.10 Å². The summed E-state index contributed by atoms with van der Waals surface area (Å²) in [6.07, 6.45) is 3.79. The average molecular weight is 243 g/mol. The molecule has 3 heterocycles. The molecule has 1 unspecified atom stereocenters. The summed E-state index contributed by atoms with van der Waals surface area (Å²) in [5.74, 6) is 0. The first kappa shape index (κ1) is 10.5. The maximum Gasteiger partial charge on any atom is 0.0713 e. The Morgan fingerprint density at radius 1 is 1.29 bits per heavy atom. The van der Waals surface area contributed by atoms with E-state index in [1.807, 2.05) is 35.1 Å². The molecule has 0 saturated heterocycles. The number of pyridine rings is 1. The van der Waals surface area contributed by atoms with Crippen LogP contribution in [0.2, 0.25) is 0 Å². The number of aryl methyl sites for hydroxylation is 1. The molecule has 0 aliphatic rings. The zero-order chi connectivity index (χ0) is 11.8. The lowest BCUT2D eigenvalue weighted by Crippen LogP contribution is -2.09. The Labute approximate surface area is 104 Å². The minimum absolute atomic E-state index is 0.0893. The molecule has 4 heteroatoms. The molecule has 3 nitrogen and oxygen atoms in total. The van der Waals surface area contributed by atoms with Crippen molar-refractivity contribution in [3.05, 3.63) is 58.0 Å². The summed E-state index contributed by atoms with van der Waals surface area (Å²) in [6.45, 7) is 2.09. The highest BCUT2D eigenvalue weighted by Gasteiger charge is 2.15. The van der Waals surface area contributed by atoms with Gasteiger partial charge >= 0.3 is 0 Å². The van der Waals surface area contributed by atoms with Crippen LogP contribution in [0.5, 0.6) is 0 Å². The zero-order valence-corrected chi connectivity index (χ0v) is 10.3. The van der Waals surface area contributed by atoms with Crippen molar-refractivity contribution < 1.29 is 0 Å². The summed E-state index contributed by atoms with van der Waals surface area (Å²) >= 11 is 1.74. The molecular weight excluding hydrogens is 230 g/mol. The lowest BCUT2D eigenvalue weighted by molar-refractivity contribution is 0.903. The Morgan fingerprint density at radius 3 is 2.94 bits per heavy atom. The van der Waals surface area contributed by atoms with Gasteiger partial charge in [-0.3, -0.25) is 0 Å². The summed E-state index contributed by atoms with van der Waals surface area (Å²) in [5, 5.41) is 4.31. The van der Waals surface area contributed by atoms with Crippen LogP contribution >= 0.6 is 11.3 Å². The topological polar surface area (TPSA) is 43.3 Å². The first-order valence-corrected chi connectivity index (χ1v) is 6.31. The van der Waals surface area contributed by atoms with E-state index in [-0.39, 0.29) is 6.04 Å². The van der Waals surface area contributed by atoms with Crippen molar-refractivity contribution in [1.29, 1.82) is 0 Å². The second-order valence-corrected chi connectivity index (χ2v) is 5.38. The van der Waals surface area contributed by atoms with E-state index < -0.39 is 0 Å². The molecule has 86 valence electrons. The third kappa shape index (κ3) is 1.75. The molecule has 0 spiro atoms. The Balaban J connectivity index is 2.09. The van der Waals surface area contributed by atoms with Crippen LogP contribution in [0.15, 0.2) is 42.7 Å². The van der Waals surface area contributed by atoms with Gasteiger partial charge in [-0.15, -0.1) is 11.3 Å². The first-order chi connectivity index (χ1) is 8.25. The molecule has 0 fully saturated rings. The molecule has 3 aromatic rings. The molecule has 1 atom stereocenters. The van der Waals surface area contributed by atoms with E-state index >= 15 is 0 Å². The Bertz CT molecular complexity index is 653. The normalized spacial score (nSPS) is 13.1. The molecule has 0 aliphatic heterocycles. The second kappa shape index (κ2) is 3.98. The standard InChI is InChI=1S/C13H13N3S/c1-9-5-6-12(17-9)13(14)10-8-15-16-7-3-2-4-11(10)16/h2-8,13H,14H2,1H3. The van der Waals surface area contributed by atoms with Gasteiger partial charge in [0.05, 0.1) is 17.8 Å². The van der Waals surface area contributed by atoms with E-state index in [9.17, 15) is 0 Å². The van der Waals surface area contributed by atoms with Crippen LogP contribution in [0.4, 0.5) is 0 Å². The van der Waals surface area contributed by atoms with Crippen LogP contribution in [0, 0.1) is 6.92 Å². The SMILES string of the molecule is Cc1ccc(C(N)c2cnn3ccccc23)s1. The Hall–Kier alpha value is -1.65. The van der Waals surface area contributed by atoms with Gasteiger partial charge in [-0.25, -0.2) is 4.52 Å². The predicted molar refractivity (Wildman–Crippen MR) is 70.3 cm³/mol. The molecule has 0 amide bonds. The van der Waals surface area contributed by atoms with Gasteiger partial charge in [0.2, 0.25) is 0 Å². The molecule has 17 heavy (non-hydrogen) atoms. The highest BCUT2D eigenvalue weighted by Crippen LogP contribution is 2.28. The maximum absolute atomic E-state index is 6.30. The van der Waals surface area contributed by atoms with Gasteiger partial charge in [0, 0.05) is 21.5 Å². The molecule has 0 aromatic carbocycles. The van der Waals surface area contributed by atoms with Gasteiger partial charge in [-0.05, 0) is 31.2 Å². The second-order valence-electron chi connectivity index (χ2n) is 4.06. The summed E-state index contributed by atoms with van der Waals surface area (Å²) < 4.78 is 1.86. The molecule has 0 bridgehead atoms. The number of aromatic nitrogens is 2. The van der Waals surface area contributed by atoms with Crippen LogP contribution in [-0.2, 0) is 0 Å². The molecule has 0 aliphatic carbocycles. The van der Waals surface area contributed by atoms with Crippen LogP contribution < -0.4 is 5.73 Å². The summed E-state index contributed by atoms with van der Waals surface area (Å²) in [7, 11) is 0. The zero-order valence-electron chi connectivity index (χ0n) is 9.50. The highest BCUT2D eigenvalue weighted by atomic mass is 32.1. The van der Waals surface area contributed by atoms with Gasteiger partial charge in [0.1, 0.15) is 0 Å². The monoisotopic (exact) mass is 243 g/mol. The molecule has 2 N–H and O–H groups in total. The third-order valence-electron chi connectivity index (χ3n) is 2.86. The average Bonchev–Trinajstić information content (AvgIpc) is 2.94. The molecular formula is C13H13N3S. The summed E-state index contributed by atoms with van der Waals surface area (Å²) in [6, 6.07) is 10.1. The number of hydrogen-bond acceptors (Lipinski definition) is 3. The molecule has 0 saturated carbocycles. The van der Waals surface area contributed by atoms with Crippen molar-refractivity contribution >= 4 is 16.9 Å². The largest absolute Gasteiger partial charge is 0.319 e. The van der Waals surface area contributed by atoms with Crippen LogP contribution in [0.25, 0.3) is 5.52 Å². The lowest BCUT2D eigenvalue weighted by Gasteiger charge is -2.07. The number of nitrogens with zero attached hydrogens (tertiary/aromatic N) is 2. The van der Waals surface area contributed by atoms with Crippen molar-refractivity contribution in [1.82, 2.24) is 9.61 Å². The van der Waals surface area contributed by atoms with E-state index in [4.69, 9.17) is 5.73 Å². The minimum Gasteiger partial charge on any atom is -0.319 e. The Kier molecular flexibility index (Phi) is 2.46. The van der Waals surface area contributed by atoms with Crippen LogP contribution in [0.1, 0.15) is 21.4 Å². The summed E-state index contributed by atoms with van der Waals surface area (Å²) in [5.41, 5.74) is 8.45. The van der Waals surface area contributed by atoms with Crippen molar-refractivity contribution in [3.63, 3.8) is 0 Å². The third-order valence-corrected chi connectivity index (χ3v) is 3.94. The smallest absolute Gasteiger partial charge is 0.0713 e. The first-order valence-electron chi connectivity index (χ1n) is 5.50. The summed E-state index contributed by atoms with van der Waals surface area (Å²) in [4.78, 5) is 2.47. The van der Waals surface area contributed by atoms with Crippen LogP contribution in [-0.4, -0.2) is 9.61 Å². The lowest BCUT2D eigenvalue weighted by atomic mass is 10.1. The molecule has 3 aromatic heterocycles. The quantitative estimate of drug-likeness (QED) is 0.752. The van der Waals surface area contributed by atoms with E-state index in [0.29, 0.717) is 0 Å². The highest BCUT2D eigenvalue weighted by molar-refractivity contribution is 7.12. The fraction of sp³-hybridized carbons (Fsp3) is 0.154. The number of hydrogen-bond donors (Lipinski definition) is 1. The fourth-order valence-electron chi connectivity index (χ4n) is 1.97. The number of thiophene rings is 1. The number of rotatable bonds is 2. The van der Waals surface area contributed by atoms with Crippen molar-refractivity contribution in [2.24, 2.45) is 5.73 Å². The van der Waals surface area contributed by atoms with E-state index in [1.165, 1.54) is 9.75 Å². The van der Waals surface area contributed by atoms with Crippen molar-refractivity contribution in [3.8, 4) is 0 Å². The van der Waals surface area contributed by atoms with Gasteiger partial charge in [-0.1, -0.05) is 6.07 Å². The maximum atomic E-state index is 6.30. The predicted octanol–water partition coefficient (Wildman–Crippen LogP) is 2.75. The fourth-order valence-corrected chi connectivity index (χ4v) is 2.87. The molecule has 0 radical (unpaired) electrons. The van der Waals surface area contributed by atoms with E-state index in [0.717, 1.165) is 11.1 Å². The van der Waals surface area contributed by atoms with Crippen molar-refractivity contribution in [2.45, 2.75) is 13.0 Å². The van der Waals surface area contributed by atoms with Crippen molar-refractivity contribution in [2.75, 3.05) is 0 Å². The number of fused-ring (bicyclic) bond motifs is 1. The van der Waals surface area contributed by atoms with Gasteiger partial charge < -0.3 is 5.73 Å². The van der Waals surface area contributed by atoms with Gasteiger partial charge in [0.25, 0.3) is 0 Å².